The van der Waals surface area contributed by atoms with Gasteiger partial charge in [-0.15, -0.1) is 10.2 Å². The molecule has 3 aromatic heterocycles. The number of imidazole rings is 1. The smallest absolute Gasteiger partial charge is 0.332 e. The molecule has 0 aliphatic heterocycles. The van der Waals surface area contributed by atoms with Crippen LogP contribution in [-0.4, -0.2) is 34.8 Å². The Kier molecular flexibility index (Phi) is 5.22. The van der Waals surface area contributed by atoms with E-state index in [1.807, 2.05) is 30.3 Å². The molecule has 1 amide bonds. The van der Waals surface area contributed by atoms with Crippen molar-refractivity contribution < 1.29 is 4.79 Å². The van der Waals surface area contributed by atoms with Gasteiger partial charge in [0.15, 0.2) is 11.2 Å². The number of carbonyl (C=O) groups excluding carboxylic acids is 1. The highest BCUT2D eigenvalue weighted by Gasteiger charge is 2.20. The van der Waals surface area contributed by atoms with Crippen molar-refractivity contribution in [1.29, 1.82) is 0 Å². The van der Waals surface area contributed by atoms with E-state index in [0.29, 0.717) is 11.6 Å². The first-order valence-corrected chi connectivity index (χ1v) is 10.0. The maximum atomic E-state index is 12.6. The van der Waals surface area contributed by atoms with Gasteiger partial charge in [-0.3, -0.25) is 18.7 Å². The molecule has 30 heavy (non-hydrogen) atoms. The summed E-state index contributed by atoms with van der Waals surface area (Å²) in [4.78, 5) is 41.2. The van der Waals surface area contributed by atoms with Crippen molar-refractivity contribution in [2.45, 2.75) is 13.1 Å². The summed E-state index contributed by atoms with van der Waals surface area (Å²) in [6.45, 7) is 0.461. The van der Waals surface area contributed by atoms with Gasteiger partial charge in [0.05, 0.1) is 6.54 Å². The molecule has 3 heterocycles. The van der Waals surface area contributed by atoms with E-state index in [-0.39, 0.29) is 33.9 Å². The number of hydrogen-bond acceptors (Lipinski definition) is 7. The Morgan fingerprint density at radius 1 is 1.13 bits per heavy atom. The summed E-state index contributed by atoms with van der Waals surface area (Å²) in [5, 5.41) is 11.5. The first-order chi connectivity index (χ1) is 14.4. The molecule has 4 rings (SSSR count). The summed E-state index contributed by atoms with van der Waals surface area (Å²) >= 11 is 7.31. The minimum atomic E-state index is -0.516. The lowest BCUT2D eigenvalue weighted by atomic mass is 10.2. The maximum Gasteiger partial charge on any atom is 0.332 e. The van der Waals surface area contributed by atoms with E-state index < -0.39 is 11.2 Å². The van der Waals surface area contributed by atoms with Crippen LogP contribution in [-0.2, 0) is 27.2 Å². The van der Waals surface area contributed by atoms with Crippen LogP contribution in [0.25, 0.3) is 11.2 Å². The first-order valence-electron chi connectivity index (χ1n) is 8.83. The predicted molar refractivity (Wildman–Crippen MR) is 112 cm³/mol. The van der Waals surface area contributed by atoms with Gasteiger partial charge in [0.25, 0.3) is 11.5 Å². The van der Waals surface area contributed by atoms with E-state index >= 15 is 0 Å². The maximum absolute atomic E-state index is 12.6. The number of aromatic nitrogens is 6. The quantitative estimate of drug-likeness (QED) is 0.456. The highest BCUT2D eigenvalue weighted by Crippen LogP contribution is 2.19. The van der Waals surface area contributed by atoms with Crippen molar-refractivity contribution in [3.63, 3.8) is 0 Å². The topological polar surface area (TPSA) is 117 Å². The van der Waals surface area contributed by atoms with E-state index in [1.165, 1.54) is 23.2 Å². The average Bonchev–Trinajstić information content (AvgIpc) is 3.35. The van der Waals surface area contributed by atoms with Gasteiger partial charge < -0.3 is 9.88 Å². The molecule has 0 atom stereocenters. The lowest BCUT2D eigenvalue weighted by molar-refractivity contribution is 0.0950. The molecule has 0 bridgehead atoms. The molecule has 0 spiro atoms. The van der Waals surface area contributed by atoms with Crippen LogP contribution < -0.4 is 16.6 Å². The van der Waals surface area contributed by atoms with Crippen molar-refractivity contribution in [3.8, 4) is 0 Å². The number of nitrogens with one attached hydrogen (secondary N) is 1. The third-order valence-corrected chi connectivity index (χ3v) is 5.75. The van der Waals surface area contributed by atoms with E-state index in [4.69, 9.17) is 11.6 Å². The summed E-state index contributed by atoms with van der Waals surface area (Å²) in [7, 11) is 2.90. The molecule has 0 unspecified atom stereocenters. The zero-order valence-corrected chi connectivity index (χ0v) is 17.6. The number of rotatable bonds is 5. The van der Waals surface area contributed by atoms with E-state index in [2.05, 4.69) is 20.5 Å². The molecule has 0 fully saturated rings. The van der Waals surface area contributed by atoms with E-state index in [1.54, 1.807) is 0 Å². The summed E-state index contributed by atoms with van der Waals surface area (Å²) in [6, 6.07) is 9.50. The van der Waals surface area contributed by atoms with Gasteiger partial charge in [0.2, 0.25) is 10.3 Å². The predicted octanol–water partition coefficient (Wildman–Crippen LogP) is 0.917. The number of fused-ring (bicyclic) bond motifs is 1. The zero-order valence-electron chi connectivity index (χ0n) is 16.0. The Morgan fingerprint density at radius 3 is 2.60 bits per heavy atom. The van der Waals surface area contributed by atoms with Gasteiger partial charge in [0, 0.05) is 20.6 Å². The molecule has 10 nitrogen and oxygen atoms in total. The van der Waals surface area contributed by atoms with E-state index in [9.17, 15) is 14.4 Å². The Bertz CT molecular complexity index is 1370. The molecular formula is C18H16ClN7O3S. The van der Waals surface area contributed by atoms with Gasteiger partial charge >= 0.3 is 5.69 Å². The van der Waals surface area contributed by atoms with Crippen LogP contribution in [0.5, 0.6) is 0 Å². The van der Waals surface area contributed by atoms with Gasteiger partial charge in [0.1, 0.15) is 5.01 Å². The van der Waals surface area contributed by atoms with Crippen LogP contribution in [0.1, 0.15) is 20.4 Å². The van der Waals surface area contributed by atoms with Gasteiger partial charge in [-0.2, -0.15) is 4.98 Å². The molecule has 0 radical (unpaired) electrons. The number of nitrogens with zero attached hydrogens (tertiary/aromatic N) is 6. The molecule has 0 saturated carbocycles. The van der Waals surface area contributed by atoms with Gasteiger partial charge in [-0.25, -0.2) is 4.79 Å². The van der Waals surface area contributed by atoms with Gasteiger partial charge in [-0.1, -0.05) is 41.7 Å². The summed E-state index contributed by atoms with van der Waals surface area (Å²) < 4.78 is 3.69. The normalized spacial score (nSPS) is 11.2. The van der Waals surface area contributed by atoms with Gasteiger partial charge in [-0.05, 0) is 17.2 Å². The molecule has 154 valence electrons. The van der Waals surface area contributed by atoms with Crippen LogP contribution in [0.2, 0.25) is 5.28 Å². The Labute approximate surface area is 178 Å². The number of benzene rings is 1. The average molecular weight is 446 g/mol. The van der Waals surface area contributed by atoms with Crippen molar-refractivity contribution in [2.24, 2.45) is 14.1 Å². The third kappa shape index (κ3) is 3.53. The number of aryl methyl sites for hydroxylation is 1. The van der Waals surface area contributed by atoms with Crippen LogP contribution in [0.3, 0.4) is 0 Å². The van der Waals surface area contributed by atoms with Crippen molar-refractivity contribution in [2.75, 3.05) is 0 Å². The minimum Gasteiger partial charge on any atom is -0.346 e. The van der Waals surface area contributed by atoms with E-state index in [0.717, 1.165) is 21.5 Å². The minimum absolute atomic E-state index is 0.0357. The molecule has 4 aromatic rings. The second-order valence-electron chi connectivity index (χ2n) is 6.51. The Morgan fingerprint density at radius 2 is 1.87 bits per heavy atom. The number of carbonyl (C=O) groups is 1. The van der Waals surface area contributed by atoms with Crippen LogP contribution in [0, 0.1) is 0 Å². The second kappa shape index (κ2) is 7.84. The molecule has 1 N–H and O–H groups in total. The summed E-state index contributed by atoms with van der Waals surface area (Å²) in [6.07, 6.45) is 0. The van der Waals surface area contributed by atoms with Crippen LogP contribution >= 0.6 is 22.9 Å². The molecule has 12 heteroatoms. The molecule has 0 saturated heterocycles. The molecular weight excluding hydrogens is 430 g/mol. The number of halogens is 1. The lowest BCUT2D eigenvalue weighted by Gasteiger charge is -2.05. The van der Waals surface area contributed by atoms with Crippen molar-refractivity contribution in [3.05, 3.63) is 72.0 Å². The second-order valence-corrected chi connectivity index (χ2v) is 7.91. The zero-order chi connectivity index (χ0) is 21.4. The largest absolute Gasteiger partial charge is 0.346 e. The highest BCUT2D eigenvalue weighted by atomic mass is 35.5. The standard InChI is InChI=1S/C18H16ClN7O3S/c1-24-13-12(16(28)25(2)18(24)29)26(17(19)21-13)9-11-22-23-15(30-11)14(27)20-8-10-6-4-3-5-7-10/h3-7H,8-9H2,1-2H3,(H,20,27). The first kappa shape index (κ1) is 20.0. The molecule has 0 aliphatic carbocycles. The van der Waals surface area contributed by atoms with Crippen molar-refractivity contribution in [1.82, 2.24) is 34.2 Å². The summed E-state index contributed by atoms with van der Waals surface area (Å²) in [5.41, 5.74) is 0.307. The fourth-order valence-electron chi connectivity index (χ4n) is 2.96. The Balaban J connectivity index is 1.59. The van der Waals surface area contributed by atoms with Crippen molar-refractivity contribution >= 4 is 40.0 Å². The molecule has 1 aromatic carbocycles. The fourth-order valence-corrected chi connectivity index (χ4v) is 3.93. The van der Waals surface area contributed by atoms with Crippen LogP contribution in [0.15, 0.2) is 39.9 Å². The Hall–Kier alpha value is -3.31. The summed E-state index contributed by atoms with van der Waals surface area (Å²) in [5.74, 6) is -0.345. The SMILES string of the molecule is Cn1c(=O)c2c(nc(Cl)n2Cc2nnc(C(=O)NCc3ccccc3)s2)n(C)c1=O. The van der Waals surface area contributed by atoms with Crippen LogP contribution in [0.4, 0.5) is 0 Å². The molecule has 0 aliphatic rings. The lowest BCUT2D eigenvalue weighted by Crippen LogP contribution is -2.37. The number of amides is 1. The third-order valence-electron chi connectivity index (χ3n) is 4.55. The number of hydrogen-bond donors (Lipinski definition) is 1. The fraction of sp³-hybridized carbons (Fsp3) is 0.222. The highest BCUT2D eigenvalue weighted by molar-refractivity contribution is 7.13. The monoisotopic (exact) mass is 445 g/mol.